The molecule has 0 saturated heterocycles. The summed E-state index contributed by atoms with van der Waals surface area (Å²) in [4.78, 5) is 12.8. The number of nitrogens with one attached hydrogen (secondary N) is 2. The van der Waals surface area contributed by atoms with Crippen LogP contribution >= 0.6 is 0 Å². The summed E-state index contributed by atoms with van der Waals surface area (Å²) in [5.41, 5.74) is 3.93. The van der Waals surface area contributed by atoms with E-state index in [0.29, 0.717) is 26.0 Å². The van der Waals surface area contributed by atoms with Gasteiger partial charge in [-0.05, 0) is 48.7 Å². The number of aromatic nitrogens is 2. The highest BCUT2D eigenvalue weighted by molar-refractivity contribution is 5.79. The van der Waals surface area contributed by atoms with E-state index in [0.717, 1.165) is 33.9 Å². The van der Waals surface area contributed by atoms with Crippen LogP contribution in [-0.4, -0.2) is 29.8 Å². The van der Waals surface area contributed by atoms with Gasteiger partial charge < -0.3 is 14.8 Å². The van der Waals surface area contributed by atoms with Crippen molar-refractivity contribution in [3.05, 3.63) is 65.9 Å². The van der Waals surface area contributed by atoms with Crippen LogP contribution in [0.3, 0.4) is 0 Å². The summed E-state index contributed by atoms with van der Waals surface area (Å²) in [6.45, 7) is 0.980. The molecule has 0 bridgehead atoms. The van der Waals surface area contributed by atoms with Crippen molar-refractivity contribution in [1.29, 1.82) is 0 Å². The number of amides is 1. The number of ether oxygens (including phenoxy) is 2. The van der Waals surface area contributed by atoms with E-state index in [4.69, 9.17) is 9.47 Å². The van der Waals surface area contributed by atoms with Gasteiger partial charge in [0, 0.05) is 23.6 Å². The molecule has 0 spiro atoms. The molecule has 2 heterocycles. The molecular weight excluding hydrogens is 354 g/mol. The Kier molecular flexibility index (Phi) is 5.28. The highest BCUT2D eigenvalue weighted by Gasteiger charge is 2.23. The molecule has 0 unspecified atom stereocenters. The highest BCUT2D eigenvalue weighted by atomic mass is 16.5. The molecule has 3 aromatic rings. The Bertz CT molecular complexity index is 950. The number of para-hydroxylation sites is 1. The maximum atomic E-state index is 12.8. The second kappa shape index (κ2) is 8.17. The first-order valence-electron chi connectivity index (χ1n) is 9.39. The number of hydrogen-bond acceptors (Lipinski definition) is 4. The third-order valence-electron chi connectivity index (χ3n) is 5.08. The van der Waals surface area contributed by atoms with Gasteiger partial charge in [-0.2, -0.15) is 5.10 Å². The minimum absolute atomic E-state index is 0.0437. The van der Waals surface area contributed by atoms with Crippen LogP contribution in [-0.2, 0) is 17.8 Å². The molecule has 1 aliphatic heterocycles. The van der Waals surface area contributed by atoms with E-state index in [1.54, 1.807) is 13.3 Å². The van der Waals surface area contributed by atoms with Crippen molar-refractivity contribution in [2.75, 3.05) is 13.7 Å². The fourth-order valence-corrected chi connectivity index (χ4v) is 3.50. The summed E-state index contributed by atoms with van der Waals surface area (Å²) in [5.74, 6) is 1.63. The van der Waals surface area contributed by atoms with Gasteiger partial charge in [0.05, 0.1) is 25.6 Å². The van der Waals surface area contributed by atoms with E-state index in [1.165, 1.54) is 0 Å². The van der Waals surface area contributed by atoms with Gasteiger partial charge in [0.1, 0.15) is 11.5 Å². The lowest BCUT2D eigenvalue weighted by Crippen LogP contribution is -2.31. The van der Waals surface area contributed by atoms with Crippen LogP contribution in [0.25, 0.3) is 11.3 Å². The van der Waals surface area contributed by atoms with Gasteiger partial charge in [-0.1, -0.05) is 18.2 Å². The quantitative estimate of drug-likeness (QED) is 0.715. The molecule has 2 aromatic carbocycles. The number of fused-ring (bicyclic) bond motifs is 1. The summed E-state index contributed by atoms with van der Waals surface area (Å²) in [5, 5.41) is 10.2. The van der Waals surface area contributed by atoms with Crippen molar-refractivity contribution >= 4 is 5.91 Å². The van der Waals surface area contributed by atoms with E-state index in [2.05, 4.69) is 15.5 Å². The molecule has 1 amide bonds. The first kappa shape index (κ1) is 18.1. The number of rotatable bonds is 5. The molecule has 144 valence electrons. The summed E-state index contributed by atoms with van der Waals surface area (Å²) in [6.07, 6.45) is 3.15. The summed E-state index contributed by atoms with van der Waals surface area (Å²) < 4.78 is 11.0. The molecule has 1 atom stereocenters. The zero-order valence-corrected chi connectivity index (χ0v) is 15.8. The van der Waals surface area contributed by atoms with Gasteiger partial charge in [-0.25, -0.2) is 0 Å². The highest BCUT2D eigenvalue weighted by Crippen LogP contribution is 2.27. The van der Waals surface area contributed by atoms with Crippen LogP contribution in [0.1, 0.15) is 17.5 Å². The van der Waals surface area contributed by atoms with Crippen LogP contribution in [0.2, 0.25) is 0 Å². The summed E-state index contributed by atoms with van der Waals surface area (Å²) in [7, 11) is 1.64. The number of carbonyl (C=O) groups is 1. The number of aromatic amines is 1. The van der Waals surface area contributed by atoms with Crippen LogP contribution in [0.15, 0.2) is 54.7 Å². The third-order valence-corrected chi connectivity index (χ3v) is 5.08. The monoisotopic (exact) mass is 377 g/mol. The van der Waals surface area contributed by atoms with E-state index in [9.17, 15) is 4.79 Å². The molecule has 2 N–H and O–H groups in total. The molecule has 6 heteroatoms. The smallest absolute Gasteiger partial charge is 0.223 e. The molecule has 0 aliphatic carbocycles. The van der Waals surface area contributed by atoms with Crippen molar-refractivity contribution < 1.29 is 14.3 Å². The standard InChI is InChI=1S/C22H23N3O3/c1-27-19-8-6-15(7-9-19)21-18(14-24-25-21)13-23-22(26)17-10-11-28-20-5-3-2-4-16(20)12-17/h2-9,14,17H,10-13H2,1H3,(H,23,26)(H,24,25)/t17-/m1/s1. The molecule has 0 saturated carbocycles. The van der Waals surface area contributed by atoms with Gasteiger partial charge in [-0.3, -0.25) is 9.89 Å². The lowest BCUT2D eigenvalue weighted by molar-refractivity contribution is -0.125. The largest absolute Gasteiger partial charge is 0.497 e. The SMILES string of the molecule is COc1ccc(-c2[nH]ncc2CNC(=O)[C@@H]2CCOc3ccccc3C2)cc1. The number of benzene rings is 2. The Morgan fingerprint density at radius 2 is 2.07 bits per heavy atom. The van der Waals surface area contributed by atoms with Crippen LogP contribution < -0.4 is 14.8 Å². The molecule has 6 nitrogen and oxygen atoms in total. The van der Waals surface area contributed by atoms with Crippen LogP contribution in [0.4, 0.5) is 0 Å². The van der Waals surface area contributed by atoms with Crippen molar-refractivity contribution in [2.45, 2.75) is 19.4 Å². The molecule has 4 rings (SSSR count). The van der Waals surface area contributed by atoms with E-state index in [-0.39, 0.29) is 11.8 Å². The normalized spacial score (nSPS) is 15.8. The van der Waals surface area contributed by atoms with Gasteiger partial charge >= 0.3 is 0 Å². The first-order chi connectivity index (χ1) is 13.7. The molecular formula is C22H23N3O3. The Hall–Kier alpha value is -3.28. The average molecular weight is 377 g/mol. The van der Waals surface area contributed by atoms with Crippen molar-refractivity contribution in [3.63, 3.8) is 0 Å². The van der Waals surface area contributed by atoms with Gasteiger partial charge in [-0.15, -0.1) is 0 Å². The summed E-state index contributed by atoms with van der Waals surface area (Å²) >= 11 is 0. The Labute approximate surface area is 163 Å². The average Bonchev–Trinajstić information content (AvgIpc) is 3.10. The van der Waals surface area contributed by atoms with E-state index >= 15 is 0 Å². The van der Waals surface area contributed by atoms with Crippen molar-refractivity contribution in [1.82, 2.24) is 15.5 Å². The predicted octanol–water partition coefficient (Wildman–Crippen LogP) is 3.34. The molecule has 1 aromatic heterocycles. The Balaban J connectivity index is 1.42. The fourth-order valence-electron chi connectivity index (χ4n) is 3.50. The van der Waals surface area contributed by atoms with Gasteiger partial charge in [0.2, 0.25) is 5.91 Å². The predicted molar refractivity (Wildman–Crippen MR) is 106 cm³/mol. The zero-order chi connectivity index (χ0) is 19.3. The molecule has 28 heavy (non-hydrogen) atoms. The van der Waals surface area contributed by atoms with Crippen molar-refractivity contribution in [2.24, 2.45) is 5.92 Å². The minimum Gasteiger partial charge on any atom is -0.497 e. The number of carbonyl (C=O) groups excluding carboxylic acids is 1. The number of nitrogens with zero attached hydrogens (tertiary/aromatic N) is 1. The molecule has 0 radical (unpaired) electrons. The van der Waals surface area contributed by atoms with Gasteiger partial charge in [0.15, 0.2) is 0 Å². The van der Waals surface area contributed by atoms with Gasteiger partial charge in [0.25, 0.3) is 0 Å². The lowest BCUT2D eigenvalue weighted by Gasteiger charge is -2.14. The van der Waals surface area contributed by atoms with Crippen LogP contribution in [0, 0.1) is 5.92 Å². The zero-order valence-electron chi connectivity index (χ0n) is 15.8. The van der Waals surface area contributed by atoms with E-state index in [1.807, 2.05) is 48.5 Å². The summed E-state index contributed by atoms with van der Waals surface area (Å²) in [6, 6.07) is 15.7. The maximum absolute atomic E-state index is 12.8. The topological polar surface area (TPSA) is 76.2 Å². The second-order valence-corrected chi connectivity index (χ2v) is 6.86. The minimum atomic E-state index is -0.0972. The number of H-pyrrole nitrogens is 1. The van der Waals surface area contributed by atoms with E-state index < -0.39 is 0 Å². The second-order valence-electron chi connectivity index (χ2n) is 6.86. The third kappa shape index (κ3) is 3.86. The fraction of sp³-hybridized carbons (Fsp3) is 0.273. The molecule has 0 fully saturated rings. The Morgan fingerprint density at radius 3 is 2.89 bits per heavy atom. The van der Waals surface area contributed by atoms with Crippen molar-refractivity contribution in [3.8, 4) is 22.8 Å². The lowest BCUT2D eigenvalue weighted by atomic mass is 9.96. The first-order valence-corrected chi connectivity index (χ1v) is 9.39. The Morgan fingerprint density at radius 1 is 1.25 bits per heavy atom. The maximum Gasteiger partial charge on any atom is 0.223 e. The van der Waals surface area contributed by atoms with Crippen LogP contribution in [0.5, 0.6) is 11.5 Å². The molecule has 1 aliphatic rings. The number of methoxy groups -OCH3 is 1. The number of hydrogen-bond donors (Lipinski definition) is 2.